The Morgan fingerprint density at radius 1 is 0.429 bits per heavy atom. The molecule has 0 aliphatic rings. The van der Waals surface area contributed by atoms with Crippen molar-refractivity contribution in [2.75, 3.05) is 13.2 Å². The van der Waals surface area contributed by atoms with Crippen molar-refractivity contribution in [2.24, 2.45) is 11.8 Å². The molecular formula is C88H90B2N6O2. The normalized spacial score (nSPS) is 13.0. The third-order valence-corrected chi connectivity index (χ3v) is 19.8. The van der Waals surface area contributed by atoms with Gasteiger partial charge in [0.05, 0.1) is 46.3 Å². The van der Waals surface area contributed by atoms with Crippen LogP contribution in [-0.4, -0.2) is 45.8 Å². The minimum Gasteiger partial charge on any atom is -0.493 e. The Hall–Kier alpha value is -10.2. The summed E-state index contributed by atoms with van der Waals surface area (Å²) in [6.07, 6.45) is 8.83. The molecule has 0 amide bonds. The molecule has 0 aliphatic carbocycles. The van der Waals surface area contributed by atoms with Crippen molar-refractivity contribution in [2.45, 2.75) is 131 Å². The maximum atomic E-state index is 12.7. The molecule has 4 heterocycles. The molecule has 98 heavy (non-hydrogen) atoms. The molecule has 0 spiro atoms. The first kappa shape index (κ1) is 67.8. The lowest BCUT2D eigenvalue weighted by Gasteiger charge is -2.24. The van der Waals surface area contributed by atoms with Crippen molar-refractivity contribution >= 4 is 79.3 Å². The van der Waals surface area contributed by atoms with Crippen molar-refractivity contribution in [1.29, 1.82) is 10.5 Å². The van der Waals surface area contributed by atoms with E-state index in [1.807, 2.05) is 12.1 Å². The standard InChI is InChI=1S/C88H90B2N6O2/c1-11-15-29-61(13-3)59-97-73-47-39-63(40-48-73)83-81-82(86(95(83)89(69-31-21-17-22-32-69)70-33-23-18-24-34-70)76(58-92)80-52-44-66-56-68(88(8,9)10)46-54-78(66)94-80)84(64-41-49-74(50-42-64)98-60-62(14-4)30-16-12-2)96(90(71-35-25-19-26-36-71)72-37-27-20-28-38-72)85(81)75(57-91)79-51-43-65-55-67(87(5,6)7)45-53-77(65)93-79/h17-28,31-56,61-62H,11-16,29-30,59-60H2,1-10H3/b85-75-,86-76-. The number of nitrogens with zero attached hydrogens (tertiary/aromatic N) is 6. The Kier molecular flexibility index (Phi) is 20.8. The second kappa shape index (κ2) is 30.1. The first-order valence-corrected chi connectivity index (χ1v) is 35.5. The monoisotopic (exact) mass is 1280 g/mol. The molecule has 0 N–H and O–H groups in total. The predicted octanol–water partition coefficient (Wildman–Crippen LogP) is 17.4. The zero-order valence-corrected chi connectivity index (χ0v) is 58.8. The first-order valence-electron chi connectivity index (χ1n) is 35.5. The number of hydrogen-bond donors (Lipinski definition) is 0. The molecule has 0 fully saturated rings. The summed E-state index contributed by atoms with van der Waals surface area (Å²) in [6, 6.07) is 86.6. The van der Waals surface area contributed by atoms with Gasteiger partial charge in [0.15, 0.2) is 0 Å². The van der Waals surface area contributed by atoms with Gasteiger partial charge in [0, 0.05) is 32.9 Å². The Bertz CT molecular complexity index is 4570. The van der Waals surface area contributed by atoms with Gasteiger partial charge in [-0.1, -0.05) is 275 Å². The summed E-state index contributed by atoms with van der Waals surface area (Å²) in [6.45, 7) is 22.5. The van der Waals surface area contributed by atoms with E-state index in [9.17, 15) is 10.5 Å². The Morgan fingerprint density at radius 3 is 1.06 bits per heavy atom. The molecule has 0 saturated carbocycles. The Balaban J connectivity index is 1.34. The third-order valence-electron chi connectivity index (χ3n) is 19.8. The van der Waals surface area contributed by atoms with Crippen molar-refractivity contribution in [1.82, 2.24) is 18.9 Å². The summed E-state index contributed by atoms with van der Waals surface area (Å²) in [5, 5.41) is 30.3. The van der Waals surface area contributed by atoms with Gasteiger partial charge in [0.1, 0.15) is 34.8 Å². The number of aromatic nitrogens is 4. The quantitative estimate of drug-likeness (QED) is 0.0559. The largest absolute Gasteiger partial charge is 0.493 e. The van der Waals surface area contributed by atoms with E-state index in [1.165, 1.54) is 11.1 Å². The van der Waals surface area contributed by atoms with Gasteiger partial charge in [-0.15, -0.1) is 0 Å². The summed E-state index contributed by atoms with van der Waals surface area (Å²) in [7, 11) is 0. The van der Waals surface area contributed by atoms with Gasteiger partial charge in [-0.3, -0.25) is 0 Å². The maximum absolute atomic E-state index is 12.7. The number of rotatable bonds is 24. The van der Waals surface area contributed by atoms with Crippen LogP contribution in [0.2, 0.25) is 0 Å². The number of benzene rings is 8. The first-order chi connectivity index (χ1) is 47.6. The summed E-state index contributed by atoms with van der Waals surface area (Å²) < 4.78 is 18.4. The van der Waals surface area contributed by atoms with Crippen LogP contribution in [0.5, 0.6) is 11.5 Å². The minimum absolute atomic E-state index is 0.104. The number of fused-ring (bicyclic) bond motifs is 3. The second-order valence-corrected chi connectivity index (χ2v) is 28.5. The van der Waals surface area contributed by atoms with Gasteiger partial charge in [-0.25, -0.2) is 9.97 Å². The van der Waals surface area contributed by atoms with Gasteiger partial charge in [-0.05, 0) is 143 Å². The van der Waals surface area contributed by atoms with E-state index in [1.54, 1.807) is 0 Å². The van der Waals surface area contributed by atoms with Crippen LogP contribution in [0.25, 0.3) is 66.2 Å². The van der Waals surface area contributed by atoms with E-state index in [0.717, 1.165) is 140 Å². The highest BCUT2D eigenvalue weighted by Gasteiger charge is 2.38. The zero-order valence-electron chi connectivity index (χ0n) is 58.8. The molecule has 4 aromatic heterocycles. The topological polar surface area (TPSA) is 102 Å². The van der Waals surface area contributed by atoms with Crippen LogP contribution < -0.4 is 42.0 Å². The number of ether oxygens (including phenoxy) is 2. The molecular weight excluding hydrogens is 1190 g/mol. The summed E-state index contributed by atoms with van der Waals surface area (Å²) in [5.74, 6) is 2.37. The lowest BCUT2D eigenvalue weighted by molar-refractivity contribution is 0.233. The molecule has 8 nitrogen and oxygen atoms in total. The van der Waals surface area contributed by atoms with Crippen LogP contribution in [0.4, 0.5) is 0 Å². The molecule has 2 atom stereocenters. The van der Waals surface area contributed by atoms with Crippen LogP contribution in [0, 0.1) is 34.5 Å². The molecule has 0 aliphatic heterocycles. The highest BCUT2D eigenvalue weighted by molar-refractivity contribution is 6.85. The Labute approximate surface area is 581 Å². The fraction of sp³-hybridized carbons (Fsp3) is 0.273. The molecule has 0 saturated heterocycles. The highest BCUT2D eigenvalue weighted by Crippen LogP contribution is 2.39. The summed E-state index contributed by atoms with van der Waals surface area (Å²) >= 11 is 0. The molecule has 10 heteroatoms. The van der Waals surface area contributed by atoms with Crippen molar-refractivity contribution in [3.63, 3.8) is 0 Å². The lowest BCUT2D eigenvalue weighted by Crippen LogP contribution is -2.54. The molecule has 12 aromatic rings. The fourth-order valence-electron chi connectivity index (χ4n) is 14.1. The van der Waals surface area contributed by atoms with Crippen molar-refractivity contribution < 1.29 is 9.47 Å². The third kappa shape index (κ3) is 14.3. The second-order valence-electron chi connectivity index (χ2n) is 28.5. The summed E-state index contributed by atoms with van der Waals surface area (Å²) in [4.78, 5) is 11.1. The lowest BCUT2D eigenvalue weighted by atomic mass is 9.50. The smallest absolute Gasteiger partial charge is 0.328 e. The summed E-state index contributed by atoms with van der Waals surface area (Å²) in [5.41, 5.74) is 12.8. The average molecular weight is 1290 g/mol. The van der Waals surface area contributed by atoms with Crippen molar-refractivity contribution in [3.8, 4) is 46.2 Å². The van der Waals surface area contributed by atoms with Gasteiger partial charge in [-0.2, -0.15) is 10.5 Å². The van der Waals surface area contributed by atoms with Crippen LogP contribution in [-0.2, 0) is 10.8 Å². The average Bonchev–Trinajstić information content (AvgIpc) is 1.52. The van der Waals surface area contributed by atoms with E-state index < -0.39 is 13.7 Å². The highest BCUT2D eigenvalue weighted by atomic mass is 16.5. The van der Waals surface area contributed by atoms with Crippen LogP contribution in [0.3, 0.4) is 0 Å². The van der Waals surface area contributed by atoms with Crippen molar-refractivity contribution in [3.05, 3.63) is 264 Å². The van der Waals surface area contributed by atoms with Crippen LogP contribution >= 0.6 is 0 Å². The van der Waals surface area contributed by atoms with E-state index in [-0.39, 0.29) is 10.8 Å². The van der Waals surface area contributed by atoms with E-state index >= 15 is 0 Å². The van der Waals surface area contributed by atoms with E-state index in [4.69, 9.17) is 19.4 Å². The van der Waals surface area contributed by atoms with E-state index in [2.05, 4.69) is 309 Å². The molecule has 2 unspecified atom stereocenters. The number of pyridine rings is 2. The van der Waals surface area contributed by atoms with Gasteiger partial charge in [0.2, 0.25) is 0 Å². The van der Waals surface area contributed by atoms with Crippen LogP contribution in [0.15, 0.2) is 231 Å². The molecule has 12 rings (SSSR count). The SMILES string of the molecule is CCCCC(CC)COc1ccc(-c2c3/c(=C(\C#N)c4ccc5cc(C(C)(C)C)ccc5n4)n(B(c4ccccc4)c4ccccc4)c(-c4ccc(OCC(CC)CCCC)cc4)c3/c(=C(\C#N)c3ccc4cc(C(C)(C)C)ccc4n3)n2B(c2ccccc2)c2ccccc2)cc1. The van der Waals surface area contributed by atoms with Gasteiger partial charge in [0.25, 0.3) is 0 Å². The predicted molar refractivity (Wildman–Crippen MR) is 411 cm³/mol. The van der Waals surface area contributed by atoms with Gasteiger partial charge >= 0.3 is 13.7 Å². The molecule has 490 valence electrons. The molecule has 0 bridgehead atoms. The number of unbranched alkanes of at least 4 members (excludes halogenated alkanes) is 2. The fourth-order valence-corrected chi connectivity index (χ4v) is 14.1. The zero-order chi connectivity index (χ0) is 68.5. The number of hydrogen-bond acceptors (Lipinski definition) is 6. The Morgan fingerprint density at radius 2 is 0.765 bits per heavy atom. The maximum Gasteiger partial charge on any atom is 0.328 e. The number of nitriles is 2. The van der Waals surface area contributed by atoms with E-state index in [0.29, 0.717) is 58.3 Å². The molecule has 8 aromatic carbocycles. The van der Waals surface area contributed by atoms with Crippen LogP contribution in [0.1, 0.15) is 143 Å². The molecule has 0 radical (unpaired) electrons. The van der Waals surface area contributed by atoms with Gasteiger partial charge < -0.3 is 18.4 Å². The minimum atomic E-state index is -0.558.